The fraction of sp³-hybridized carbons (Fsp3) is 0.150. The monoisotopic (exact) mass is 361 g/mol. The highest BCUT2D eigenvalue weighted by Gasteiger charge is 2.08. The van der Waals surface area contributed by atoms with E-state index in [1.54, 1.807) is 6.26 Å². The lowest BCUT2D eigenvalue weighted by Gasteiger charge is -2.06. The highest BCUT2D eigenvalue weighted by molar-refractivity contribution is 5.93. The summed E-state index contributed by atoms with van der Waals surface area (Å²) in [7, 11) is 0. The lowest BCUT2D eigenvalue weighted by atomic mass is 10.1. The molecule has 0 aliphatic rings. The van der Waals surface area contributed by atoms with Crippen LogP contribution in [0, 0.1) is 0 Å². The van der Waals surface area contributed by atoms with Gasteiger partial charge >= 0.3 is 0 Å². The Kier molecular flexibility index (Phi) is 4.82. The van der Waals surface area contributed by atoms with Crippen molar-refractivity contribution in [2.45, 2.75) is 13.0 Å². The number of rotatable bonds is 7. The Balaban J connectivity index is 1.29. The summed E-state index contributed by atoms with van der Waals surface area (Å²) in [4.78, 5) is 23.8. The Morgan fingerprint density at radius 3 is 2.78 bits per heavy atom. The maximum Gasteiger partial charge on any atom is 0.254 e. The fourth-order valence-corrected chi connectivity index (χ4v) is 2.87. The molecule has 3 heterocycles. The predicted octanol–water partition coefficient (Wildman–Crippen LogP) is 3.14. The normalized spacial score (nSPS) is 10.8. The van der Waals surface area contributed by atoms with Gasteiger partial charge in [0.25, 0.3) is 5.91 Å². The first kappa shape index (κ1) is 16.8. The van der Waals surface area contributed by atoms with Crippen LogP contribution in [0.1, 0.15) is 21.7 Å². The summed E-state index contributed by atoms with van der Waals surface area (Å²) in [6, 6.07) is 11.8. The van der Waals surface area contributed by atoms with Crippen LogP contribution in [-0.2, 0) is 13.0 Å². The number of hydrogen-bond donors (Lipinski definition) is 3. The van der Waals surface area contributed by atoms with Crippen LogP contribution in [0.4, 0.5) is 5.95 Å². The molecule has 0 atom stereocenters. The molecule has 0 aliphatic carbocycles. The molecule has 1 amide bonds. The van der Waals surface area contributed by atoms with Gasteiger partial charge in [-0.3, -0.25) is 4.79 Å². The molecule has 0 radical (unpaired) electrons. The molecule has 0 spiro atoms. The molecule has 0 saturated heterocycles. The number of fused-ring (bicyclic) bond motifs is 1. The molecule has 3 N–H and O–H groups in total. The summed E-state index contributed by atoms with van der Waals surface area (Å²) in [5.41, 5.74) is 2.71. The molecule has 0 unspecified atom stereocenters. The van der Waals surface area contributed by atoms with E-state index in [2.05, 4.69) is 31.7 Å². The second-order valence-corrected chi connectivity index (χ2v) is 6.09. The molecule has 27 heavy (non-hydrogen) atoms. The first-order chi connectivity index (χ1) is 13.3. The Labute approximate surface area is 155 Å². The van der Waals surface area contributed by atoms with Gasteiger partial charge in [0.05, 0.1) is 18.4 Å². The number of nitrogens with one attached hydrogen (secondary N) is 3. The molecule has 1 aromatic carbocycles. The lowest BCUT2D eigenvalue weighted by Crippen LogP contribution is -2.26. The number of carbonyl (C=O) groups is 1. The van der Waals surface area contributed by atoms with Gasteiger partial charge in [-0.15, -0.1) is 0 Å². The van der Waals surface area contributed by atoms with E-state index in [1.165, 1.54) is 23.3 Å². The molecule has 3 aromatic heterocycles. The molecule has 4 aromatic rings. The topological polar surface area (TPSA) is 95.8 Å². The van der Waals surface area contributed by atoms with Crippen LogP contribution in [0.15, 0.2) is 65.7 Å². The Morgan fingerprint density at radius 2 is 1.96 bits per heavy atom. The zero-order valence-corrected chi connectivity index (χ0v) is 14.6. The maximum atomic E-state index is 12.3. The Bertz CT molecular complexity index is 1020. The van der Waals surface area contributed by atoms with Gasteiger partial charge < -0.3 is 20.0 Å². The number of carbonyl (C=O) groups excluding carboxylic acids is 1. The number of hydrogen-bond acceptors (Lipinski definition) is 5. The Morgan fingerprint density at radius 1 is 1.11 bits per heavy atom. The van der Waals surface area contributed by atoms with Gasteiger partial charge in [0, 0.05) is 36.0 Å². The summed E-state index contributed by atoms with van der Waals surface area (Å²) in [5, 5.41) is 7.13. The quantitative estimate of drug-likeness (QED) is 0.470. The molecule has 4 rings (SSSR count). The third-order valence-corrected chi connectivity index (χ3v) is 4.27. The van der Waals surface area contributed by atoms with E-state index < -0.39 is 0 Å². The maximum absolute atomic E-state index is 12.3. The van der Waals surface area contributed by atoms with Crippen molar-refractivity contribution in [2.75, 3.05) is 11.9 Å². The fourth-order valence-electron chi connectivity index (χ4n) is 2.87. The van der Waals surface area contributed by atoms with Crippen LogP contribution >= 0.6 is 0 Å². The van der Waals surface area contributed by atoms with Crippen molar-refractivity contribution in [1.82, 2.24) is 20.3 Å². The first-order valence-electron chi connectivity index (χ1n) is 8.71. The van der Waals surface area contributed by atoms with E-state index >= 15 is 0 Å². The average molecular weight is 361 g/mol. The lowest BCUT2D eigenvalue weighted by molar-refractivity contribution is 0.0953. The number of aromatic nitrogens is 3. The second-order valence-electron chi connectivity index (χ2n) is 6.09. The molecule has 7 heteroatoms. The summed E-state index contributed by atoms with van der Waals surface area (Å²) < 4.78 is 5.23. The van der Waals surface area contributed by atoms with Gasteiger partial charge in [0.1, 0.15) is 5.76 Å². The summed E-state index contributed by atoms with van der Waals surface area (Å²) in [5.74, 6) is 1.05. The average Bonchev–Trinajstić information content (AvgIpc) is 3.37. The molecular formula is C20H19N5O2. The van der Waals surface area contributed by atoms with Crippen molar-refractivity contribution < 1.29 is 9.21 Å². The van der Waals surface area contributed by atoms with E-state index in [9.17, 15) is 4.79 Å². The minimum absolute atomic E-state index is 0.188. The van der Waals surface area contributed by atoms with Gasteiger partial charge in [-0.1, -0.05) is 18.2 Å². The number of H-pyrrole nitrogens is 1. The van der Waals surface area contributed by atoms with Crippen LogP contribution in [-0.4, -0.2) is 27.4 Å². The van der Waals surface area contributed by atoms with Crippen LogP contribution in [0.3, 0.4) is 0 Å². The van der Waals surface area contributed by atoms with Crippen molar-refractivity contribution in [2.24, 2.45) is 0 Å². The third-order valence-electron chi connectivity index (χ3n) is 4.27. The van der Waals surface area contributed by atoms with E-state index in [-0.39, 0.29) is 5.91 Å². The number of aromatic amines is 1. The van der Waals surface area contributed by atoms with E-state index in [1.807, 2.05) is 36.5 Å². The molecule has 7 nitrogen and oxygen atoms in total. The van der Waals surface area contributed by atoms with Gasteiger partial charge in [0.2, 0.25) is 5.95 Å². The van der Waals surface area contributed by atoms with E-state index in [0.29, 0.717) is 24.6 Å². The van der Waals surface area contributed by atoms with Crippen LogP contribution in [0.5, 0.6) is 0 Å². The second kappa shape index (κ2) is 7.74. The van der Waals surface area contributed by atoms with Crippen molar-refractivity contribution in [3.05, 3.63) is 78.1 Å². The van der Waals surface area contributed by atoms with Crippen molar-refractivity contribution in [3.63, 3.8) is 0 Å². The van der Waals surface area contributed by atoms with Gasteiger partial charge in [-0.2, -0.15) is 0 Å². The Hall–Kier alpha value is -3.61. The largest absolute Gasteiger partial charge is 0.467 e. The molecule has 0 fully saturated rings. The molecule has 0 bridgehead atoms. The number of amides is 1. The first-order valence-corrected chi connectivity index (χ1v) is 8.71. The van der Waals surface area contributed by atoms with E-state index in [4.69, 9.17) is 4.42 Å². The number of benzene rings is 1. The zero-order chi connectivity index (χ0) is 18.5. The van der Waals surface area contributed by atoms with Gasteiger partial charge in [0.15, 0.2) is 0 Å². The number of furan rings is 1. The van der Waals surface area contributed by atoms with Crippen molar-refractivity contribution >= 4 is 22.8 Å². The van der Waals surface area contributed by atoms with Crippen molar-refractivity contribution in [3.8, 4) is 0 Å². The minimum atomic E-state index is -0.188. The minimum Gasteiger partial charge on any atom is -0.467 e. The highest BCUT2D eigenvalue weighted by Crippen LogP contribution is 2.17. The van der Waals surface area contributed by atoms with Crippen LogP contribution in [0.2, 0.25) is 0 Å². The van der Waals surface area contributed by atoms with Crippen LogP contribution in [0.25, 0.3) is 10.9 Å². The molecular weight excluding hydrogens is 342 g/mol. The van der Waals surface area contributed by atoms with E-state index in [0.717, 1.165) is 17.7 Å². The summed E-state index contributed by atoms with van der Waals surface area (Å²) in [6.45, 7) is 1.03. The molecule has 136 valence electrons. The molecule has 0 saturated carbocycles. The summed E-state index contributed by atoms with van der Waals surface area (Å²) in [6.07, 6.45) is 7.37. The summed E-state index contributed by atoms with van der Waals surface area (Å²) >= 11 is 0. The predicted molar refractivity (Wildman–Crippen MR) is 102 cm³/mol. The zero-order valence-electron chi connectivity index (χ0n) is 14.6. The molecule has 0 aliphatic heterocycles. The smallest absolute Gasteiger partial charge is 0.254 e. The van der Waals surface area contributed by atoms with Gasteiger partial charge in [-0.25, -0.2) is 9.97 Å². The highest BCUT2D eigenvalue weighted by atomic mass is 16.3. The number of anilines is 1. The van der Waals surface area contributed by atoms with Crippen molar-refractivity contribution in [1.29, 1.82) is 0 Å². The third kappa shape index (κ3) is 3.98. The SMILES string of the molecule is O=C(NCCc1c[nH]c2ccccc12)c1cnc(NCc2ccco2)nc1. The standard InChI is InChI=1S/C20H19N5O2/c26-19(21-8-7-14-10-22-18-6-2-1-5-17(14)18)15-11-23-20(24-12-15)25-13-16-4-3-9-27-16/h1-6,9-12,22H,7-8,13H2,(H,21,26)(H,23,24,25). The number of para-hydroxylation sites is 1. The van der Waals surface area contributed by atoms with Gasteiger partial charge in [-0.05, 0) is 30.2 Å². The van der Waals surface area contributed by atoms with Crippen LogP contribution < -0.4 is 10.6 Å². The number of nitrogens with zero attached hydrogens (tertiary/aromatic N) is 2.